The Morgan fingerprint density at radius 1 is 1.06 bits per heavy atom. The maximum atomic E-state index is 6.08. The fourth-order valence-corrected chi connectivity index (χ4v) is 1.60. The van der Waals surface area contributed by atoms with Crippen LogP contribution in [-0.2, 0) is 5.31 Å². The van der Waals surface area contributed by atoms with Crippen molar-refractivity contribution in [3.8, 4) is 11.3 Å². The van der Waals surface area contributed by atoms with Crippen molar-refractivity contribution in [2.45, 2.75) is 19.2 Å². The molecular formula is C14H14BN. The van der Waals surface area contributed by atoms with Crippen LogP contribution in [0.3, 0.4) is 0 Å². The number of hydrogen-bond donors (Lipinski definition) is 0. The van der Waals surface area contributed by atoms with Crippen molar-refractivity contribution in [2.75, 3.05) is 0 Å². The minimum Gasteiger partial charge on any atom is -0.256 e. The third-order valence-electron chi connectivity index (χ3n) is 2.57. The summed E-state index contributed by atoms with van der Waals surface area (Å²) in [6.45, 7) is 3.99. The molecule has 0 aliphatic carbocycles. The van der Waals surface area contributed by atoms with E-state index in [9.17, 15) is 0 Å². The summed E-state index contributed by atoms with van der Waals surface area (Å²) in [5.41, 5.74) is 3.19. The Hall–Kier alpha value is -1.57. The Morgan fingerprint density at radius 2 is 1.75 bits per heavy atom. The van der Waals surface area contributed by atoms with Gasteiger partial charge in [-0.2, -0.15) is 0 Å². The molecule has 78 valence electrons. The third kappa shape index (κ3) is 2.33. The average molecular weight is 207 g/mol. The van der Waals surface area contributed by atoms with Gasteiger partial charge in [-0.1, -0.05) is 44.2 Å². The van der Waals surface area contributed by atoms with Gasteiger partial charge in [0, 0.05) is 11.8 Å². The smallest absolute Gasteiger partial charge is 0.0802 e. The van der Waals surface area contributed by atoms with E-state index in [1.54, 1.807) is 0 Å². The lowest BCUT2D eigenvalue weighted by molar-refractivity contribution is 0.762. The number of pyridine rings is 1. The monoisotopic (exact) mass is 207 g/mol. The Balaban J connectivity index is 2.45. The summed E-state index contributed by atoms with van der Waals surface area (Å²) in [6.07, 6.45) is 1.81. The van der Waals surface area contributed by atoms with E-state index in [-0.39, 0.29) is 5.31 Å². The molecule has 0 saturated heterocycles. The van der Waals surface area contributed by atoms with Crippen molar-refractivity contribution in [1.82, 2.24) is 4.98 Å². The summed E-state index contributed by atoms with van der Waals surface area (Å²) in [7, 11) is 6.08. The first-order valence-corrected chi connectivity index (χ1v) is 5.38. The van der Waals surface area contributed by atoms with Gasteiger partial charge in [0.25, 0.3) is 0 Å². The fourth-order valence-electron chi connectivity index (χ4n) is 1.60. The maximum absolute atomic E-state index is 6.08. The number of aromatic nitrogens is 1. The molecule has 0 saturated carbocycles. The van der Waals surface area contributed by atoms with Crippen molar-refractivity contribution < 1.29 is 0 Å². The fraction of sp³-hybridized carbons (Fsp3) is 0.214. The normalized spacial score (nSPS) is 11.4. The van der Waals surface area contributed by atoms with Gasteiger partial charge in [0.05, 0.1) is 13.5 Å². The highest BCUT2D eigenvalue weighted by molar-refractivity contribution is 6.15. The van der Waals surface area contributed by atoms with Crippen molar-refractivity contribution in [3.05, 3.63) is 54.2 Å². The van der Waals surface area contributed by atoms with E-state index in [0.717, 1.165) is 16.8 Å². The van der Waals surface area contributed by atoms with Crippen LogP contribution in [0.25, 0.3) is 11.3 Å². The van der Waals surface area contributed by atoms with Crippen molar-refractivity contribution in [1.29, 1.82) is 0 Å². The van der Waals surface area contributed by atoms with Gasteiger partial charge in [0.1, 0.15) is 0 Å². The minimum absolute atomic E-state index is 0.327. The number of hydrogen-bond acceptors (Lipinski definition) is 1. The molecule has 0 unspecified atom stereocenters. The van der Waals surface area contributed by atoms with E-state index in [1.807, 2.05) is 44.3 Å². The summed E-state index contributed by atoms with van der Waals surface area (Å²) in [5.74, 6) is 0. The van der Waals surface area contributed by atoms with Crippen LogP contribution in [0.5, 0.6) is 0 Å². The average Bonchev–Trinajstić information content (AvgIpc) is 2.29. The predicted octanol–water partition coefficient (Wildman–Crippen LogP) is 3.15. The van der Waals surface area contributed by atoms with Gasteiger partial charge >= 0.3 is 0 Å². The molecule has 2 rings (SSSR count). The van der Waals surface area contributed by atoms with Crippen molar-refractivity contribution in [3.63, 3.8) is 0 Å². The zero-order chi connectivity index (χ0) is 11.6. The van der Waals surface area contributed by atoms with E-state index in [4.69, 9.17) is 7.85 Å². The van der Waals surface area contributed by atoms with E-state index in [0.29, 0.717) is 0 Å². The van der Waals surface area contributed by atoms with Crippen LogP contribution < -0.4 is 0 Å². The summed E-state index contributed by atoms with van der Waals surface area (Å²) in [4.78, 5) is 4.37. The molecule has 1 heterocycles. The lowest BCUT2D eigenvalue weighted by Crippen LogP contribution is -2.16. The third-order valence-corrected chi connectivity index (χ3v) is 2.57. The SMILES string of the molecule is [B]C(C)(C)c1ccnc(-c2ccccc2)c1. The molecule has 2 heteroatoms. The second kappa shape index (κ2) is 4.13. The van der Waals surface area contributed by atoms with E-state index in [1.165, 1.54) is 0 Å². The van der Waals surface area contributed by atoms with Crippen molar-refractivity contribution in [2.24, 2.45) is 0 Å². The van der Waals surface area contributed by atoms with Crippen LogP contribution in [0.1, 0.15) is 19.4 Å². The molecule has 0 N–H and O–H groups in total. The molecule has 1 aromatic carbocycles. The van der Waals surface area contributed by atoms with Gasteiger partial charge in [0.15, 0.2) is 0 Å². The predicted molar refractivity (Wildman–Crippen MR) is 68.5 cm³/mol. The number of benzene rings is 1. The molecule has 0 fully saturated rings. The molecule has 0 aliphatic heterocycles. The number of rotatable bonds is 2. The molecule has 2 aromatic rings. The zero-order valence-electron chi connectivity index (χ0n) is 9.64. The topological polar surface area (TPSA) is 12.9 Å². The van der Waals surface area contributed by atoms with Gasteiger partial charge in [-0.15, -0.1) is 0 Å². The highest BCUT2D eigenvalue weighted by atomic mass is 14.7. The molecule has 0 spiro atoms. The van der Waals surface area contributed by atoms with E-state index < -0.39 is 0 Å². The first-order chi connectivity index (χ1) is 7.57. The minimum atomic E-state index is -0.327. The Kier molecular flexibility index (Phi) is 2.82. The van der Waals surface area contributed by atoms with Gasteiger partial charge in [-0.25, -0.2) is 0 Å². The molecule has 1 nitrogen and oxygen atoms in total. The zero-order valence-corrected chi connectivity index (χ0v) is 9.64. The van der Waals surface area contributed by atoms with Crippen LogP contribution in [0.4, 0.5) is 0 Å². The Bertz CT molecular complexity index is 472. The van der Waals surface area contributed by atoms with Gasteiger partial charge in [-0.3, -0.25) is 4.98 Å². The second-order valence-electron chi connectivity index (χ2n) is 4.52. The summed E-state index contributed by atoms with van der Waals surface area (Å²) >= 11 is 0. The summed E-state index contributed by atoms with van der Waals surface area (Å²) < 4.78 is 0. The lowest BCUT2D eigenvalue weighted by atomic mass is 9.67. The quantitative estimate of drug-likeness (QED) is 0.689. The van der Waals surface area contributed by atoms with Crippen LogP contribution in [0, 0.1) is 0 Å². The molecular weight excluding hydrogens is 193 g/mol. The summed E-state index contributed by atoms with van der Waals surface area (Å²) in [6, 6.07) is 14.1. The van der Waals surface area contributed by atoms with Gasteiger partial charge < -0.3 is 0 Å². The molecule has 0 aliphatic rings. The Labute approximate surface area is 98.0 Å². The van der Waals surface area contributed by atoms with Crippen LogP contribution in [0.2, 0.25) is 0 Å². The van der Waals surface area contributed by atoms with E-state index >= 15 is 0 Å². The summed E-state index contributed by atoms with van der Waals surface area (Å²) in [5, 5.41) is -0.327. The molecule has 0 amide bonds. The lowest BCUT2D eigenvalue weighted by Gasteiger charge is -2.19. The molecule has 2 radical (unpaired) electrons. The molecule has 1 aromatic heterocycles. The largest absolute Gasteiger partial charge is 0.256 e. The highest BCUT2D eigenvalue weighted by Crippen LogP contribution is 2.23. The Morgan fingerprint density at radius 3 is 2.38 bits per heavy atom. The van der Waals surface area contributed by atoms with Gasteiger partial charge in [0.2, 0.25) is 0 Å². The van der Waals surface area contributed by atoms with E-state index in [2.05, 4.69) is 23.2 Å². The van der Waals surface area contributed by atoms with Crippen LogP contribution in [-0.4, -0.2) is 12.8 Å². The van der Waals surface area contributed by atoms with Crippen molar-refractivity contribution >= 4 is 7.85 Å². The van der Waals surface area contributed by atoms with Gasteiger partial charge in [-0.05, 0) is 23.0 Å². The molecule has 0 bridgehead atoms. The first kappa shape index (κ1) is 10.9. The van der Waals surface area contributed by atoms with Crippen LogP contribution in [0.15, 0.2) is 48.7 Å². The van der Waals surface area contributed by atoms with Crippen LogP contribution >= 0.6 is 0 Å². The highest BCUT2D eigenvalue weighted by Gasteiger charge is 2.13. The first-order valence-electron chi connectivity index (χ1n) is 5.38. The molecule has 0 atom stereocenters. The standard InChI is InChI=1S/C14H14BN/c1-14(2,15)12-8-9-16-13(10-12)11-6-4-3-5-7-11/h3-10H,1-2H3. The number of nitrogens with zero attached hydrogens (tertiary/aromatic N) is 1. The second-order valence-corrected chi connectivity index (χ2v) is 4.52. The maximum Gasteiger partial charge on any atom is 0.0802 e. The molecule has 16 heavy (non-hydrogen) atoms.